The highest BCUT2D eigenvalue weighted by atomic mass is 35.5. The quantitative estimate of drug-likeness (QED) is 0.329. The van der Waals surface area contributed by atoms with E-state index in [4.69, 9.17) is 16.7 Å². The molecule has 0 atom stereocenters. The van der Waals surface area contributed by atoms with Crippen LogP contribution in [0, 0.1) is 5.82 Å². The molecule has 0 spiro atoms. The molecule has 0 radical (unpaired) electrons. The highest BCUT2D eigenvalue weighted by molar-refractivity contribution is 7.22. The predicted molar refractivity (Wildman–Crippen MR) is 139 cm³/mol. The molecule has 1 fully saturated rings. The molecule has 1 aliphatic heterocycles. The maximum absolute atomic E-state index is 13.6. The highest BCUT2D eigenvalue weighted by Gasteiger charge is 2.26. The monoisotopic (exact) mass is 511 g/mol. The van der Waals surface area contributed by atoms with E-state index >= 15 is 0 Å². The summed E-state index contributed by atoms with van der Waals surface area (Å²) in [6, 6.07) is 4.59. The van der Waals surface area contributed by atoms with E-state index in [0.29, 0.717) is 11.5 Å². The smallest absolute Gasteiger partial charge is 0.142 e. The second-order valence-electron chi connectivity index (χ2n) is 9.12. The molecule has 0 unspecified atom stereocenters. The number of aromatic nitrogens is 4. The zero-order valence-electron chi connectivity index (χ0n) is 19.4. The molecule has 1 aromatic carbocycles. The molecule has 3 aromatic heterocycles. The van der Waals surface area contributed by atoms with Crippen molar-refractivity contribution in [3.8, 4) is 10.4 Å². The van der Waals surface area contributed by atoms with Gasteiger partial charge in [-0.25, -0.2) is 14.4 Å². The normalized spacial score (nSPS) is 15.5. The van der Waals surface area contributed by atoms with Crippen molar-refractivity contribution in [3.63, 3.8) is 0 Å². The van der Waals surface area contributed by atoms with Gasteiger partial charge in [0.25, 0.3) is 0 Å². The second-order valence-corrected chi connectivity index (χ2v) is 10.5. The Bertz CT molecular complexity index is 1360. The Morgan fingerprint density at radius 2 is 1.94 bits per heavy atom. The number of fused-ring (bicyclic) bond motifs is 5. The number of anilines is 2. The standard InChI is InChI=1S/C25H27ClFN7S/c26-19-13-16(3-5-20(19)27)31-24-22-17-4-6-21-18(23(17)35-25(22)30-15-29-24)14-34(32-21)12-8-28-7-11-33-9-1-2-10-33/h3,5,13-15,28H,1-2,4,6-12H2,(H,29,30,31). The summed E-state index contributed by atoms with van der Waals surface area (Å²) in [4.78, 5) is 13.7. The zero-order valence-corrected chi connectivity index (χ0v) is 20.9. The van der Waals surface area contributed by atoms with Gasteiger partial charge in [0, 0.05) is 42.0 Å². The van der Waals surface area contributed by atoms with E-state index in [1.807, 2.05) is 0 Å². The average Bonchev–Trinajstić information content (AvgIpc) is 3.59. The molecule has 182 valence electrons. The number of likely N-dealkylation sites (tertiary alicyclic amines) is 1. The molecule has 2 aliphatic rings. The summed E-state index contributed by atoms with van der Waals surface area (Å²) in [5.41, 5.74) is 4.28. The molecular formula is C25H27ClFN7S. The number of hydrogen-bond acceptors (Lipinski definition) is 7. The minimum Gasteiger partial charge on any atom is -0.340 e. The molecule has 0 bridgehead atoms. The zero-order chi connectivity index (χ0) is 23.8. The lowest BCUT2D eigenvalue weighted by molar-refractivity contribution is 0.334. The van der Waals surface area contributed by atoms with Gasteiger partial charge in [0.05, 0.1) is 22.6 Å². The first-order valence-corrected chi connectivity index (χ1v) is 13.3. The van der Waals surface area contributed by atoms with E-state index in [1.54, 1.807) is 29.8 Å². The average molecular weight is 512 g/mol. The van der Waals surface area contributed by atoms with Gasteiger partial charge in [-0.15, -0.1) is 11.3 Å². The molecule has 6 rings (SSSR count). The van der Waals surface area contributed by atoms with Gasteiger partial charge in [-0.1, -0.05) is 11.6 Å². The van der Waals surface area contributed by atoms with Crippen LogP contribution in [-0.4, -0.2) is 57.4 Å². The molecule has 1 aliphatic carbocycles. The number of hydrogen-bond donors (Lipinski definition) is 2. The molecule has 7 nitrogen and oxygen atoms in total. The lowest BCUT2D eigenvalue weighted by Gasteiger charge is -2.14. The fourth-order valence-electron chi connectivity index (χ4n) is 5.01. The molecule has 4 heterocycles. The number of nitrogens with one attached hydrogen (secondary N) is 2. The van der Waals surface area contributed by atoms with Crippen LogP contribution >= 0.6 is 22.9 Å². The van der Waals surface area contributed by atoms with Crippen molar-refractivity contribution in [1.29, 1.82) is 0 Å². The molecule has 1 saturated heterocycles. The summed E-state index contributed by atoms with van der Waals surface area (Å²) in [7, 11) is 0. The van der Waals surface area contributed by atoms with Crippen LogP contribution in [0.4, 0.5) is 15.9 Å². The van der Waals surface area contributed by atoms with Crippen LogP contribution in [-0.2, 0) is 19.4 Å². The second kappa shape index (κ2) is 9.81. The number of halogens is 2. The minimum absolute atomic E-state index is 0.0789. The molecule has 10 heteroatoms. The van der Waals surface area contributed by atoms with Crippen LogP contribution < -0.4 is 10.6 Å². The maximum Gasteiger partial charge on any atom is 0.142 e. The molecular weight excluding hydrogens is 485 g/mol. The van der Waals surface area contributed by atoms with Gasteiger partial charge in [0.2, 0.25) is 0 Å². The van der Waals surface area contributed by atoms with E-state index in [9.17, 15) is 4.39 Å². The summed E-state index contributed by atoms with van der Waals surface area (Å²) >= 11 is 7.65. The SMILES string of the molecule is Fc1ccc(Nc2ncnc3sc4c(c23)CCc2nn(CCNCCN3CCCC3)cc2-4)cc1Cl. The van der Waals surface area contributed by atoms with E-state index < -0.39 is 5.82 Å². The third kappa shape index (κ3) is 4.65. The first kappa shape index (κ1) is 22.8. The maximum atomic E-state index is 13.6. The number of nitrogens with zero attached hydrogens (tertiary/aromatic N) is 5. The predicted octanol–water partition coefficient (Wildman–Crippen LogP) is 4.87. The fourth-order valence-corrected chi connectivity index (χ4v) is 6.41. The van der Waals surface area contributed by atoms with Gasteiger partial charge in [-0.05, 0) is 62.5 Å². The van der Waals surface area contributed by atoms with Gasteiger partial charge < -0.3 is 15.5 Å². The van der Waals surface area contributed by atoms with Gasteiger partial charge >= 0.3 is 0 Å². The summed E-state index contributed by atoms with van der Waals surface area (Å²) in [5, 5.41) is 12.8. The Morgan fingerprint density at radius 1 is 1.09 bits per heavy atom. The van der Waals surface area contributed by atoms with E-state index in [1.165, 1.54) is 48.0 Å². The fraction of sp³-hybridized carbons (Fsp3) is 0.400. The molecule has 4 aromatic rings. The molecule has 0 saturated carbocycles. The van der Waals surface area contributed by atoms with Crippen molar-refractivity contribution >= 4 is 44.7 Å². The van der Waals surface area contributed by atoms with Crippen LogP contribution in [0.3, 0.4) is 0 Å². The van der Waals surface area contributed by atoms with Crippen molar-refractivity contribution in [1.82, 2.24) is 30.0 Å². The van der Waals surface area contributed by atoms with Crippen LogP contribution in [0.1, 0.15) is 24.1 Å². The van der Waals surface area contributed by atoms with Crippen LogP contribution in [0.5, 0.6) is 0 Å². The van der Waals surface area contributed by atoms with Crippen molar-refractivity contribution in [2.45, 2.75) is 32.2 Å². The lowest BCUT2D eigenvalue weighted by atomic mass is 9.95. The van der Waals surface area contributed by atoms with Crippen LogP contribution in [0.2, 0.25) is 5.02 Å². The molecule has 0 amide bonds. The van der Waals surface area contributed by atoms with Crippen LogP contribution in [0.15, 0.2) is 30.7 Å². The van der Waals surface area contributed by atoms with Gasteiger partial charge in [-0.3, -0.25) is 4.68 Å². The first-order valence-electron chi connectivity index (χ1n) is 12.1. The van der Waals surface area contributed by atoms with E-state index in [-0.39, 0.29) is 5.02 Å². The Labute approximate surface area is 212 Å². The van der Waals surface area contributed by atoms with Gasteiger partial charge in [-0.2, -0.15) is 5.10 Å². The minimum atomic E-state index is -0.440. The first-order chi connectivity index (χ1) is 17.2. The van der Waals surface area contributed by atoms with Gasteiger partial charge in [0.15, 0.2) is 0 Å². The van der Waals surface area contributed by atoms with Crippen molar-refractivity contribution < 1.29 is 4.39 Å². The van der Waals surface area contributed by atoms with Crippen molar-refractivity contribution in [3.05, 3.63) is 52.8 Å². The van der Waals surface area contributed by atoms with Crippen molar-refractivity contribution in [2.75, 3.05) is 38.0 Å². The largest absolute Gasteiger partial charge is 0.340 e. The lowest BCUT2D eigenvalue weighted by Crippen LogP contribution is -2.31. The Kier molecular flexibility index (Phi) is 6.40. The van der Waals surface area contributed by atoms with E-state index in [2.05, 4.69) is 36.4 Å². The molecule has 35 heavy (non-hydrogen) atoms. The summed E-state index contributed by atoms with van der Waals surface area (Å²) in [6.45, 7) is 6.39. The topological polar surface area (TPSA) is 70.9 Å². The third-order valence-corrected chi connectivity index (χ3v) is 8.25. The Balaban J connectivity index is 1.20. The van der Waals surface area contributed by atoms with Crippen molar-refractivity contribution in [2.24, 2.45) is 0 Å². The van der Waals surface area contributed by atoms with E-state index in [0.717, 1.165) is 54.9 Å². The Morgan fingerprint density at radius 3 is 2.80 bits per heavy atom. The summed E-state index contributed by atoms with van der Waals surface area (Å²) < 4.78 is 15.7. The van der Waals surface area contributed by atoms with Crippen LogP contribution in [0.25, 0.3) is 20.7 Å². The third-order valence-electron chi connectivity index (χ3n) is 6.79. The van der Waals surface area contributed by atoms with Gasteiger partial charge in [0.1, 0.15) is 22.8 Å². The Hall–Kier alpha value is -2.59. The summed E-state index contributed by atoms with van der Waals surface area (Å²) in [6.07, 6.45) is 8.19. The number of benzene rings is 1. The number of thiophene rings is 1. The number of rotatable bonds is 8. The highest BCUT2D eigenvalue weighted by Crippen LogP contribution is 2.45. The number of aryl methyl sites for hydroxylation is 2. The summed E-state index contributed by atoms with van der Waals surface area (Å²) in [5.74, 6) is 0.275. The molecule has 2 N–H and O–H groups in total.